The van der Waals surface area contributed by atoms with Gasteiger partial charge in [0.15, 0.2) is 14.3 Å². The van der Waals surface area contributed by atoms with Gasteiger partial charge >= 0.3 is 0 Å². The van der Waals surface area contributed by atoms with Crippen molar-refractivity contribution in [3.8, 4) is 5.75 Å². The Balaban J connectivity index is 1.89. The highest BCUT2D eigenvalue weighted by atomic mass is 31.2. The zero-order chi connectivity index (χ0) is 25.0. The first-order chi connectivity index (χ1) is 17.6. The van der Waals surface area contributed by atoms with E-state index in [-0.39, 0.29) is 0 Å². The number of methoxy groups -OCH3 is 1. The van der Waals surface area contributed by atoms with Crippen LogP contribution in [0, 0.1) is 0 Å². The van der Waals surface area contributed by atoms with Crippen molar-refractivity contribution in [2.24, 2.45) is 0 Å². The first kappa shape index (κ1) is 24.1. The molecule has 0 saturated carbocycles. The van der Waals surface area contributed by atoms with E-state index < -0.39 is 14.3 Å². The van der Waals surface area contributed by atoms with E-state index in [1.165, 1.54) is 0 Å². The molecule has 0 N–H and O–H groups in total. The van der Waals surface area contributed by atoms with Crippen molar-refractivity contribution in [3.63, 3.8) is 0 Å². The van der Waals surface area contributed by atoms with E-state index in [2.05, 4.69) is 0 Å². The van der Waals surface area contributed by atoms with Crippen LogP contribution in [0.5, 0.6) is 5.75 Å². The Labute approximate surface area is 212 Å². The number of rotatable bonds is 7. The molecule has 0 radical (unpaired) electrons. The summed E-state index contributed by atoms with van der Waals surface area (Å²) in [6.45, 7) is 0. The molecule has 3 nitrogen and oxygen atoms in total. The van der Waals surface area contributed by atoms with Gasteiger partial charge in [0.1, 0.15) is 5.75 Å². The van der Waals surface area contributed by atoms with Crippen molar-refractivity contribution in [2.45, 2.75) is 0 Å². The van der Waals surface area contributed by atoms with Gasteiger partial charge in [-0.15, -0.1) is 0 Å². The Morgan fingerprint density at radius 3 is 1.19 bits per heavy atom. The summed E-state index contributed by atoms with van der Waals surface area (Å²) in [7, 11) is -5.31. The Morgan fingerprint density at radius 1 is 0.417 bits per heavy atom. The molecular weight excluding hydrogens is 482 g/mol. The standard InChI is InChI=1S/C31H26O3P2/c1-34-28-21-11-12-22-29(28)36(33,27-19-9-4-10-20-27)31-24-14-13-23-30(31)35(32,25-15-5-2-6-16-25)26-17-7-3-8-18-26/h2-24H,1H3. The molecule has 178 valence electrons. The molecule has 0 aliphatic heterocycles. The van der Waals surface area contributed by atoms with Crippen LogP contribution < -0.4 is 36.6 Å². The summed E-state index contributed by atoms with van der Waals surface area (Å²) < 4.78 is 36.6. The van der Waals surface area contributed by atoms with Gasteiger partial charge in [0, 0.05) is 26.5 Å². The first-order valence-electron chi connectivity index (χ1n) is 11.7. The average molecular weight is 508 g/mol. The van der Waals surface area contributed by atoms with Gasteiger partial charge in [-0.3, -0.25) is 0 Å². The summed E-state index contributed by atoms with van der Waals surface area (Å²) in [5.74, 6) is 0.536. The van der Waals surface area contributed by atoms with Crippen LogP contribution in [0.1, 0.15) is 0 Å². The molecule has 5 aromatic rings. The molecule has 5 heteroatoms. The molecule has 0 aromatic heterocycles. The Kier molecular flexibility index (Phi) is 6.79. The van der Waals surface area contributed by atoms with Crippen LogP contribution in [0.4, 0.5) is 0 Å². The van der Waals surface area contributed by atoms with E-state index in [1.807, 2.05) is 140 Å². The second kappa shape index (κ2) is 10.2. The molecule has 0 aliphatic carbocycles. The van der Waals surface area contributed by atoms with Crippen molar-refractivity contribution < 1.29 is 13.9 Å². The minimum atomic E-state index is -3.50. The molecule has 0 saturated heterocycles. The van der Waals surface area contributed by atoms with Crippen LogP contribution in [0.15, 0.2) is 140 Å². The van der Waals surface area contributed by atoms with Gasteiger partial charge in [-0.2, -0.15) is 0 Å². The summed E-state index contributed by atoms with van der Waals surface area (Å²) in [5, 5.41) is 3.76. The molecule has 1 unspecified atom stereocenters. The molecular formula is C31H26O3P2. The van der Waals surface area contributed by atoms with Crippen molar-refractivity contribution >= 4 is 46.1 Å². The first-order valence-corrected chi connectivity index (χ1v) is 15.1. The minimum absolute atomic E-state index is 0.536. The lowest BCUT2D eigenvalue weighted by Crippen LogP contribution is -2.38. The number of ether oxygens (including phenoxy) is 1. The van der Waals surface area contributed by atoms with Crippen molar-refractivity contribution in [1.82, 2.24) is 0 Å². The number of para-hydroxylation sites is 1. The maximum Gasteiger partial charge on any atom is 0.175 e. The van der Waals surface area contributed by atoms with E-state index in [0.717, 1.165) is 0 Å². The number of hydrogen-bond donors (Lipinski definition) is 0. The minimum Gasteiger partial charge on any atom is -0.496 e. The molecule has 0 heterocycles. The van der Waals surface area contributed by atoms with Gasteiger partial charge in [0.2, 0.25) is 0 Å². The summed E-state index contributed by atoms with van der Waals surface area (Å²) >= 11 is 0. The fourth-order valence-corrected chi connectivity index (χ4v) is 11.1. The van der Waals surface area contributed by atoms with Gasteiger partial charge in [0.25, 0.3) is 0 Å². The van der Waals surface area contributed by atoms with Crippen LogP contribution in [0.3, 0.4) is 0 Å². The largest absolute Gasteiger partial charge is 0.496 e. The Hall–Kier alpha value is -3.64. The molecule has 5 aromatic carbocycles. The van der Waals surface area contributed by atoms with Gasteiger partial charge in [-0.05, 0) is 12.1 Å². The third-order valence-corrected chi connectivity index (χ3v) is 12.8. The molecule has 1 atom stereocenters. The number of benzene rings is 5. The van der Waals surface area contributed by atoms with Crippen molar-refractivity contribution in [1.29, 1.82) is 0 Å². The molecule has 36 heavy (non-hydrogen) atoms. The second-order valence-corrected chi connectivity index (χ2v) is 13.8. The second-order valence-electron chi connectivity index (χ2n) is 8.39. The summed E-state index contributed by atoms with van der Waals surface area (Å²) in [4.78, 5) is 0. The van der Waals surface area contributed by atoms with E-state index in [4.69, 9.17) is 4.74 Å². The zero-order valence-electron chi connectivity index (χ0n) is 19.9. The Morgan fingerprint density at radius 2 is 0.750 bits per heavy atom. The molecule has 5 rings (SSSR count). The quantitative estimate of drug-likeness (QED) is 0.292. The van der Waals surface area contributed by atoms with E-state index >= 15 is 9.13 Å². The van der Waals surface area contributed by atoms with Crippen LogP contribution in [-0.2, 0) is 9.13 Å². The SMILES string of the molecule is COc1ccccc1P(=O)(c1ccccc1)c1ccccc1P(=O)(c1ccccc1)c1ccccc1. The van der Waals surface area contributed by atoms with Crippen LogP contribution in [-0.4, -0.2) is 7.11 Å². The van der Waals surface area contributed by atoms with Crippen LogP contribution in [0.2, 0.25) is 0 Å². The molecule has 0 amide bonds. The van der Waals surface area contributed by atoms with Crippen LogP contribution in [0.25, 0.3) is 0 Å². The van der Waals surface area contributed by atoms with E-state index in [9.17, 15) is 0 Å². The highest BCUT2D eigenvalue weighted by molar-refractivity contribution is 7.90. The lowest BCUT2D eigenvalue weighted by Gasteiger charge is -2.28. The molecule has 0 aliphatic rings. The van der Waals surface area contributed by atoms with Gasteiger partial charge in [-0.25, -0.2) is 0 Å². The highest BCUT2D eigenvalue weighted by Crippen LogP contribution is 2.49. The third-order valence-electron chi connectivity index (χ3n) is 6.34. The highest BCUT2D eigenvalue weighted by Gasteiger charge is 2.40. The summed E-state index contributed by atoms with van der Waals surface area (Å²) in [6.07, 6.45) is 0. The maximum absolute atomic E-state index is 15.5. The maximum atomic E-state index is 15.5. The van der Waals surface area contributed by atoms with E-state index in [0.29, 0.717) is 37.6 Å². The normalized spacial score (nSPS) is 13.0. The average Bonchev–Trinajstić information content (AvgIpc) is 2.97. The van der Waals surface area contributed by atoms with Gasteiger partial charge in [0.05, 0.1) is 12.4 Å². The van der Waals surface area contributed by atoms with Crippen LogP contribution >= 0.6 is 14.3 Å². The summed E-state index contributed by atoms with van der Waals surface area (Å²) in [6, 6.07) is 43.2. The molecule has 0 spiro atoms. The van der Waals surface area contributed by atoms with Gasteiger partial charge < -0.3 is 13.9 Å². The third kappa shape index (κ3) is 4.05. The van der Waals surface area contributed by atoms with E-state index in [1.54, 1.807) is 7.11 Å². The molecule has 0 fully saturated rings. The monoisotopic (exact) mass is 508 g/mol. The number of hydrogen-bond acceptors (Lipinski definition) is 3. The van der Waals surface area contributed by atoms with Crippen molar-refractivity contribution in [2.75, 3.05) is 7.11 Å². The predicted octanol–water partition coefficient (Wildman–Crippen LogP) is 4.97. The lowest BCUT2D eigenvalue weighted by molar-refractivity contribution is 0.418. The predicted molar refractivity (Wildman–Crippen MR) is 152 cm³/mol. The van der Waals surface area contributed by atoms with Gasteiger partial charge in [-0.1, -0.05) is 127 Å². The Bertz CT molecular complexity index is 1520. The fourth-order valence-electron chi connectivity index (χ4n) is 4.64. The zero-order valence-corrected chi connectivity index (χ0v) is 21.7. The topological polar surface area (TPSA) is 43.4 Å². The smallest absolute Gasteiger partial charge is 0.175 e. The lowest BCUT2D eigenvalue weighted by atomic mass is 10.3. The van der Waals surface area contributed by atoms with Crippen molar-refractivity contribution in [3.05, 3.63) is 140 Å². The summed E-state index contributed by atoms with van der Waals surface area (Å²) in [5.41, 5.74) is 0. The molecule has 0 bridgehead atoms. The fraction of sp³-hybridized carbons (Fsp3) is 0.0323.